The molecule has 2 aliphatic rings. The Bertz CT molecular complexity index is 907. The summed E-state index contributed by atoms with van der Waals surface area (Å²) >= 11 is 0. The maximum absolute atomic E-state index is 13.5. The van der Waals surface area contributed by atoms with Crippen molar-refractivity contribution in [3.05, 3.63) is 52.6 Å². The highest BCUT2D eigenvalue weighted by Gasteiger charge is 2.41. The van der Waals surface area contributed by atoms with E-state index in [-0.39, 0.29) is 49.9 Å². The molecule has 0 aliphatic carbocycles. The Morgan fingerprint density at radius 1 is 1.16 bits per heavy atom. The average Bonchev–Trinajstić information content (AvgIpc) is 3.08. The number of piperidine rings is 1. The van der Waals surface area contributed by atoms with Crippen LogP contribution < -0.4 is 5.32 Å². The zero-order chi connectivity index (χ0) is 21.3. The van der Waals surface area contributed by atoms with Crippen LogP contribution in [0.1, 0.15) is 41.8 Å². The van der Waals surface area contributed by atoms with Gasteiger partial charge in [-0.15, -0.1) is 12.4 Å². The van der Waals surface area contributed by atoms with Gasteiger partial charge in [-0.25, -0.2) is 4.39 Å². The van der Waals surface area contributed by atoms with E-state index < -0.39 is 17.7 Å². The third-order valence-electron chi connectivity index (χ3n) is 5.93. The molecule has 0 saturated carbocycles. The van der Waals surface area contributed by atoms with E-state index in [4.69, 9.17) is 0 Å². The fraction of sp³-hybridized carbons (Fsp3) is 0.524. The molecule has 1 saturated heterocycles. The number of hydrogen-bond donors (Lipinski definition) is 1. The predicted octanol–water partition coefficient (Wildman–Crippen LogP) is 3.79. The monoisotopic (exact) mass is 460 g/mol. The summed E-state index contributed by atoms with van der Waals surface area (Å²) in [7, 11) is 0. The Morgan fingerprint density at radius 3 is 2.48 bits per heavy atom. The molecule has 1 N–H and O–H groups in total. The molecule has 170 valence electrons. The van der Waals surface area contributed by atoms with E-state index in [1.165, 1.54) is 28.9 Å². The molecule has 3 heterocycles. The van der Waals surface area contributed by atoms with Crippen LogP contribution >= 0.6 is 12.4 Å². The molecule has 1 amide bonds. The summed E-state index contributed by atoms with van der Waals surface area (Å²) in [6.07, 6.45) is -2.13. The third kappa shape index (κ3) is 5.38. The second kappa shape index (κ2) is 9.56. The van der Waals surface area contributed by atoms with Gasteiger partial charge in [0.15, 0.2) is 5.69 Å². The summed E-state index contributed by atoms with van der Waals surface area (Å²) in [4.78, 5) is 14.4. The number of carbonyl (C=O) groups is 1. The second-order valence-corrected chi connectivity index (χ2v) is 8.02. The Labute approximate surface area is 184 Å². The topological polar surface area (TPSA) is 50.2 Å². The van der Waals surface area contributed by atoms with Crippen LogP contribution in [0.25, 0.3) is 0 Å². The van der Waals surface area contributed by atoms with Crippen molar-refractivity contribution < 1.29 is 22.4 Å². The summed E-state index contributed by atoms with van der Waals surface area (Å²) in [6.45, 7) is 2.25. The van der Waals surface area contributed by atoms with E-state index in [1.54, 1.807) is 4.90 Å². The van der Waals surface area contributed by atoms with E-state index in [0.29, 0.717) is 23.6 Å². The number of aromatic nitrogens is 2. The molecule has 5 nitrogen and oxygen atoms in total. The number of rotatable bonds is 4. The van der Waals surface area contributed by atoms with Gasteiger partial charge in [0.05, 0.1) is 18.8 Å². The molecule has 1 aromatic carbocycles. The van der Waals surface area contributed by atoms with Gasteiger partial charge in [-0.05, 0) is 56.0 Å². The summed E-state index contributed by atoms with van der Waals surface area (Å²) in [6, 6.07) is 5.59. The molecule has 0 atom stereocenters. The van der Waals surface area contributed by atoms with Crippen LogP contribution in [0.15, 0.2) is 24.3 Å². The first-order chi connectivity index (χ1) is 14.3. The molecule has 0 spiro atoms. The Kier molecular flexibility index (Phi) is 7.26. The zero-order valence-corrected chi connectivity index (χ0v) is 17.7. The van der Waals surface area contributed by atoms with Crippen molar-refractivity contribution in [3.63, 3.8) is 0 Å². The molecular formula is C21H25ClF4N4O. The van der Waals surface area contributed by atoms with E-state index in [0.717, 1.165) is 25.9 Å². The van der Waals surface area contributed by atoms with E-state index in [2.05, 4.69) is 10.4 Å². The normalized spacial score (nSPS) is 17.2. The summed E-state index contributed by atoms with van der Waals surface area (Å²) in [5.74, 6) is -0.113. The second-order valence-electron chi connectivity index (χ2n) is 8.02. The van der Waals surface area contributed by atoms with Crippen molar-refractivity contribution in [1.29, 1.82) is 0 Å². The summed E-state index contributed by atoms with van der Waals surface area (Å²) < 4.78 is 55.1. The number of halogens is 5. The standard InChI is InChI=1S/C21H24F4N4O.ClH/c22-16-3-1-15(2-4-16)12-29-18-13-28(19(30)11-14-5-8-26-9-6-14)10-7-17(18)20(27-29)21(23,24)25;/h1-4,14,26H,5-13H2;1H. The largest absolute Gasteiger partial charge is 0.435 e. The minimum atomic E-state index is -4.56. The maximum atomic E-state index is 13.5. The van der Waals surface area contributed by atoms with Gasteiger partial charge < -0.3 is 10.2 Å². The van der Waals surface area contributed by atoms with Crippen LogP contribution in [-0.2, 0) is 30.5 Å². The molecule has 0 bridgehead atoms. The van der Waals surface area contributed by atoms with Gasteiger partial charge in [0.2, 0.25) is 5.91 Å². The van der Waals surface area contributed by atoms with E-state index in [1.807, 2.05) is 0 Å². The summed E-state index contributed by atoms with van der Waals surface area (Å²) in [5.41, 5.74) is 0.339. The first kappa shape index (κ1) is 23.5. The fourth-order valence-electron chi connectivity index (χ4n) is 4.28. The lowest BCUT2D eigenvalue weighted by Gasteiger charge is -2.30. The number of alkyl halides is 3. The Morgan fingerprint density at radius 2 is 1.84 bits per heavy atom. The van der Waals surface area contributed by atoms with Crippen LogP contribution in [0.4, 0.5) is 17.6 Å². The van der Waals surface area contributed by atoms with Crippen LogP contribution in [-0.4, -0.2) is 40.2 Å². The first-order valence-electron chi connectivity index (χ1n) is 10.2. The quantitative estimate of drug-likeness (QED) is 0.706. The number of nitrogens with one attached hydrogen (secondary N) is 1. The number of nitrogens with zero attached hydrogens (tertiary/aromatic N) is 3. The van der Waals surface area contributed by atoms with Gasteiger partial charge in [0, 0.05) is 18.5 Å². The van der Waals surface area contributed by atoms with Crippen molar-refractivity contribution >= 4 is 18.3 Å². The molecule has 31 heavy (non-hydrogen) atoms. The molecule has 4 rings (SSSR count). The molecular weight excluding hydrogens is 436 g/mol. The Balaban J connectivity index is 0.00000272. The molecule has 0 unspecified atom stereocenters. The van der Waals surface area contributed by atoms with Crippen molar-refractivity contribution in [3.8, 4) is 0 Å². The minimum absolute atomic E-state index is 0. The smallest absolute Gasteiger partial charge is 0.336 e. The number of carbonyl (C=O) groups excluding carboxylic acids is 1. The van der Waals surface area contributed by atoms with Crippen molar-refractivity contribution in [2.75, 3.05) is 19.6 Å². The molecule has 0 radical (unpaired) electrons. The zero-order valence-electron chi connectivity index (χ0n) is 16.9. The van der Waals surface area contributed by atoms with Gasteiger partial charge in [-0.2, -0.15) is 18.3 Å². The van der Waals surface area contributed by atoms with Crippen LogP contribution in [0.3, 0.4) is 0 Å². The number of amides is 1. The summed E-state index contributed by atoms with van der Waals surface area (Å²) in [5, 5.41) is 7.11. The molecule has 2 aliphatic heterocycles. The van der Waals surface area contributed by atoms with Gasteiger partial charge in [0.25, 0.3) is 0 Å². The fourth-order valence-corrected chi connectivity index (χ4v) is 4.28. The number of fused-ring (bicyclic) bond motifs is 1. The first-order valence-corrected chi connectivity index (χ1v) is 10.2. The molecule has 1 aromatic heterocycles. The van der Waals surface area contributed by atoms with Gasteiger partial charge in [-0.1, -0.05) is 12.1 Å². The molecule has 10 heteroatoms. The predicted molar refractivity (Wildman–Crippen MR) is 109 cm³/mol. The van der Waals surface area contributed by atoms with Crippen molar-refractivity contribution in [1.82, 2.24) is 20.0 Å². The maximum Gasteiger partial charge on any atom is 0.435 e. The van der Waals surface area contributed by atoms with Gasteiger partial charge in [0.1, 0.15) is 5.82 Å². The van der Waals surface area contributed by atoms with E-state index in [9.17, 15) is 22.4 Å². The lowest BCUT2D eigenvalue weighted by atomic mass is 9.93. The van der Waals surface area contributed by atoms with Crippen LogP contribution in [0.5, 0.6) is 0 Å². The SMILES string of the molecule is Cl.O=C(CC1CCNCC1)N1CCc2c(C(F)(F)F)nn(Cc3ccc(F)cc3)c2C1. The molecule has 2 aromatic rings. The highest BCUT2D eigenvalue weighted by Crippen LogP contribution is 2.35. The highest BCUT2D eigenvalue weighted by molar-refractivity contribution is 5.85. The third-order valence-corrected chi connectivity index (χ3v) is 5.93. The number of hydrogen-bond acceptors (Lipinski definition) is 3. The minimum Gasteiger partial charge on any atom is -0.336 e. The lowest BCUT2D eigenvalue weighted by molar-refractivity contribution is -0.142. The van der Waals surface area contributed by atoms with Crippen LogP contribution in [0, 0.1) is 11.7 Å². The highest BCUT2D eigenvalue weighted by atomic mass is 35.5. The average molecular weight is 461 g/mol. The Hall–Kier alpha value is -2.13. The van der Waals surface area contributed by atoms with E-state index >= 15 is 0 Å². The van der Waals surface area contributed by atoms with Crippen LogP contribution in [0.2, 0.25) is 0 Å². The lowest BCUT2D eigenvalue weighted by Crippen LogP contribution is -2.39. The van der Waals surface area contributed by atoms with Gasteiger partial charge in [-0.3, -0.25) is 9.48 Å². The molecule has 1 fully saturated rings. The van der Waals surface area contributed by atoms with Crippen molar-refractivity contribution in [2.45, 2.75) is 44.9 Å². The van der Waals surface area contributed by atoms with Gasteiger partial charge >= 0.3 is 6.18 Å². The van der Waals surface area contributed by atoms with Crippen molar-refractivity contribution in [2.24, 2.45) is 5.92 Å². The number of benzene rings is 1.